The number of thiazole rings is 1. The van der Waals surface area contributed by atoms with Gasteiger partial charge in [0, 0.05) is 54.2 Å². The van der Waals surface area contributed by atoms with E-state index in [0.717, 1.165) is 66.6 Å². The predicted octanol–water partition coefficient (Wildman–Crippen LogP) is 4.52. The van der Waals surface area contributed by atoms with Gasteiger partial charge in [-0.3, -0.25) is 9.69 Å². The zero-order valence-electron chi connectivity index (χ0n) is 19.4. The first-order valence-electron chi connectivity index (χ1n) is 11.6. The number of carbonyl (C=O) groups is 1. The van der Waals surface area contributed by atoms with E-state index in [-0.39, 0.29) is 11.7 Å². The molecule has 5 rings (SSSR count). The van der Waals surface area contributed by atoms with E-state index in [2.05, 4.69) is 26.9 Å². The van der Waals surface area contributed by atoms with E-state index in [1.54, 1.807) is 23.5 Å². The van der Waals surface area contributed by atoms with Crippen LogP contribution in [0, 0.1) is 5.82 Å². The topological polar surface area (TPSA) is 71.8 Å². The maximum Gasteiger partial charge on any atom is 0.273 e. The molecule has 0 aliphatic carbocycles. The predicted molar refractivity (Wildman–Crippen MR) is 136 cm³/mol. The minimum Gasteiger partial charge on any atom is -0.379 e. The van der Waals surface area contributed by atoms with Crippen LogP contribution in [0.15, 0.2) is 59.1 Å². The van der Waals surface area contributed by atoms with Crippen LogP contribution in [0.25, 0.3) is 21.5 Å². The number of hydrazone groups is 1. The number of nitrogens with one attached hydrogen (secondary N) is 1. The first-order valence-corrected chi connectivity index (χ1v) is 12.5. The number of hydrogen-bond acceptors (Lipinski definition) is 6. The van der Waals surface area contributed by atoms with Crippen molar-refractivity contribution in [2.75, 3.05) is 26.3 Å². The minimum absolute atomic E-state index is 0.301. The van der Waals surface area contributed by atoms with Gasteiger partial charge in [-0.05, 0) is 42.8 Å². The number of fused-ring (bicyclic) bond motifs is 1. The van der Waals surface area contributed by atoms with Gasteiger partial charge >= 0.3 is 0 Å². The molecule has 1 fully saturated rings. The van der Waals surface area contributed by atoms with Crippen LogP contribution in [0.4, 0.5) is 4.39 Å². The highest BCUT2D eigenvalue weighted by Crippen LogP contribution is 2.30. The lowest BCUT2D eigenvalue weighted by molar-refractivity contribution is 0.0337. The van der Waals surface area contributed by atoms with Gasteiger partial charge in [0.15, 0.2) is 0 Å². The van der Waals surface area contributed by atoms with Crippen molar-refractivity contribution in [3.63, 3.8) is 0 Å². The van der Waals surface area contributed by atoms with Crippen LogP contribution in [0.5, 0.6) is 0 Å². The van der Waals surface area contributed by atoms with Crippen molar-refractivity contribution in [1.29, 1.82) is 0 Å². The number of hydrogen-bond donors (Lipinski definition) is 1. The van der Waals surface area contributed by atoms with Gasteiger partial charge in [-0.1, -0.05) is 12.1 Å². The number of nitrogens with zero attached hydrogens (tertiary/aromatic N) is 4. The Morgan fingerprint density at radius 3 is 2.80 bits per heavy atom. The second-order valence-corrected chi connectivity index (χ2v) is 9.20. The molecular weight excluding hydrogens is 465 g/mol. The van der Waals surface area contributed by atoms with Gasteiger partial charge in [-0.15, -0.1) is 11.3 Å². The highest BCUT2D eigenvalue weighted by atomic mass is 32.1. The van der Waals surface area contributed by atoms with Crippen LogP contribution >= 0.6 is 11.3 Å². The summed E-state index contributed by atoms with van der Waals surface area (Å²) >= 11 is 1.61. The summed E-state index contributed by atoms with van der Waals surface area (Å²) in [5, 5.41) is 7.93. The third-order valence-electron chi connectivity index (χ3n) is 6.00. The number of amides is 1. The lowest BCUT2D eigenvalue weighted by Gasteiger charge is -2.25. The first-order chi connectivity index (χ1) is 17.1. The lowest BCUT2D eigenvalue weighted by Crippen LogP contribution is -2.35. The molecule has 0 unspecified atom stereocenters. The van der Waals surface area contributed by atoms with Crippen LogP contribution in [0.2, 0.25) is 0 Å². The molecule has 1 aliphatic rings. The molecule has 1 saturated heterocycles. The van der Waals surface area contributed by atoms with E-state index in [4.69, 9.17) is 9.72 Å². The van der Waals surface area contributed by atoms with Crippen molar-refractivity contribution in [2.24, 2.45) is 5.10 Å². The number of ether oxygens (including phenoxy) is 1. The van der Waals surface area contributed by atoms with Crippen molar-refractivity contribution in [3.05, 3.63) is 76.7 Å². The number of benzene rings is 2. The van der Waals surface area contributed by atoms with Crippen LogP contribution in [-0.2, 0) is 17.8 Å². The first kappa shape index (κ1) is 23.3. The fourth-order valence-electron chi connectivity index (χ4n) is 4.15. The van der Waals surface area contributed by atoms with E-state index >= 15 is 0 Å². The Morgan fingerprint density at radius 1 is 1.23 bits per heavy atom. The molecule has 4 aromatic rings. The maximum atomic E-state index is 13.1. The quantitative estimate of drug-likeness (QED) is 0.305. The molecule has 0 saturated carbocycles. The third kappa shape index (κ3) is 5.32. The molecule has 1 N–H and O–H groups in total. The fourth-order valence-corrected chi connectivity index (χ4v) is 4.96. The molecule has 2 aromatic carbocycles. The second kappa shape index (κ2) is 10.5. The van der Waals surface area contributed by atoms with Gasteiger partial charge < -0.3 is 9.30 Å². The number of halogens is 1. The number of rotatable bonds is 7. The Bertz CT molecular complexity index is 1360. The van der Waals surface area contributed by atoms with Crippen molar-refractivity contribution in [3.8, 4) is 10.6 Å². The van der Waals surface area contributed by atoms with E-state index in [0.29, 0.717) is 11.1 Å². The van der Waals surface area contributed by atoms with Gasteiger partial charge in [0.05, 0.1) is 30.7 Å². The maximum absolute atomic E-state index is 13.1. The normalized spacial score (nSPS) is 14.7. The average molecular weight is 492 g/mol. The van der Waals surface area contributed by atoms with Crippen LogP contribution in [0.3, 0.4) is 0 Å². The smallest absolute Gasteiger partial charge is 0.273 e. The number of carbonyl (C=O) groups excluding carboxylic acids is 1. The minimum atomic E-state index is -0.317. The SMILES string of the molecule is CCn1cc(C(=O)N/N=C/c2ccc(F)cc2)c2cc(-c3nc(CN4CCOCC4)cs3)ccc21. The van der Waals surface area contributed by atoms with Crippen LogP contribution in [-0.4, -0.2) is 52.9 Å². The number of aromatic nitrogens is 2. The Kier molecular flexibility index (Phi) is 6.98. The molecule has 0 bridgehead atoms. The van der Waals surface area contributed by atoms with Crippen molar-refractivity contribution in [1.82, 2.24) is 19.9 Å². The molecule has 180 valence electrons. The van der Waals surface area contributed by atoms with E-state index in [9.17, 15) is 9.18 Å². The Balaban J connectivity index is 1.37. The number of morpholine rings is 1. The molecule has 3 heterocycles. The molecule has 1 aliphatic heterocycles. The summed E-state index contributed by atoms with van der Waals surface area (Å²) in [6.07, 6.45) is 3.34. The molecule has 0 radical (unpaired) electrons. The second-order valence-electron chi connectivity index (χ2n) is 8.34. The fraction of sp³-hybridized carbons (Fsp3) is 0.269. The Labute approximate surface area is 206 Å². The standard InChI is InChI=1S/C26H26FN5O2S/c1-2-32-16-23(25(33)30-28-14-18-3-6-20(27)7-4-18)22-13-19(5-8-24(22)32)26-29-21(17-35-26)15-31-9-11-34-12-10-31/h3-8,13-14,16-17H,2,9-12,15H2,1H3,(H,30,33)/b28-14+. The summed E-state index contributed by atoms with van der Waals surface area (Å²) in [6.45, 7) is 6.97. The van der Waals surface area contributed by atoms with Gasteiger partial charge in [0.25, 0.3) is 5.91 Å². The van der Waals surface area contributed by atoms with Crippen molar-refractivity contribution >= 4 is 34.4 Å². The summed E-state index contributed by atoms with van der Waals surface area (Å²) in [4.78, 5) is 20.2. The third-order valence-corrected chi connectivity index (χ3v) is 6.94. The summed E-state index contributed by atoms with van der Waals surface area (Å²) < 4.78 is 20.6. The lowest BCUT2D eigenvalue weighted by atomic mass is 10.1. The Morgan fingerprint density at radius 2 is 2.03 bits per heavy atom. The summed E-state index contributed by atoms with van der Waals surface area (Å²) in [6, 6.07) is 12.0. The molecule has 0 spiro atoms. The zero-order valence-corrected chi connectivity index (χ0v) is 20.2. The van der Waals surface area contributed by atoms with Crippen LogP contribution in [0.1, 0.15) is 28.5 Å². The van der Waals surface area contributed by atoms with Crippen LogP contribution < -0.4 is 5.43 Å². The highest BCUT2D eigenvalue weighted by Gasteiger charge is 2.17. The number of aryl methyl sites for hydroxylation is 1. The van der Waals surface area contributed by atoms with Gasteiger partial charge in [0.2, 0.25) is 0 Å². The zero-order chi connectivity index (χ0) is 24.2. The summed E-state index contributed by atoms with van der Waals surface area (Å²) in [5.41, 5.74) is 6.85. The molecule has 35 heavy (non-hydrogen) atoms. The monoisotopic (exact) mass is 491 g/mol. The molecular formula is C26H26FN5O2S. The molecule has 9 heteroatoms. The summed E-state index contributed by atoms with van der Waals surface area (Å²) in [7, 11) is 0. The van der Waals surface area contributed by atoms with Crippen molar-refractivity contribution in [2.45, 2.75) is 20.0 Å². The van der Waals surface area contributed by atoms with E-state index in [1.165, 1.54) is 18.3 Å². The van der Waals surface area contributed by atoms with E-state index < -0.39 is 0 Å². The van der Waals surface area contributed by atoms with Gasteiger partial charge in [-0.25, -0.2) is 14.8 Å². The molecule has 1 amide bonds. The average Bonchev–Trinajstić information content (AvgIpc) is 3.50. The van der Waals surface area contributed by atoms with Crippen molar-refractivity contribution < 1.29 is 13.9 Å². The van der Waals surface area contributed by atoms with Gasteiger partial charge in [-0.2, -0.15) is 5.10 Å². The molecule has 7 nitrogen and oxygen atoms in total. The largest absolute Gasteiger partial charge is 0.379 e. The summed E-state index contributed by atoms with van der Waals surface area (Å²) in [5.74, 6) is -0.618. The van der Waals surface area contributed by atoms with Gasteiger partial charge in [0.1, 0.15) is 10.8 Å². The molecule has 2 aromatic heterocycles. The Hall–Kier alpha value is -3.40. The van der Waals surface area contributed by atoms with E-state index in [1.807, 2.05) is 29.8 Å². The molecule has 0 atom stereocenters. The highest BCUT2D eigenvalue weighted by molar-refractivity contribution is 7.13.